The number of oxime groups is 1. The van der Waals surface area contributed by atoms with Gasteiger partial charge in [-0.25, -0.2) is 9.97 Å². The molecule has 6 heteroatoms. The van der Waals surface area contributed by atoms with Crippen LogP contribution in [0.2, 0.25) is 0 Å². The lowest BCUT2D eigenvalue weighted by Crippen LogP contribution is -2.21. The summed E-state index contributed by atoms with van der Waals surface area (Å²) in [6, 6.07) is 4.12. The van der Waals surface area contributed by atoms with Crippen molar-refractivity contribution >= 4 is 23.0 Å². The molecule has 0 amide bonds. The molecule has 1 unspecified atom stereocenters. The molecule has 0 radical (unpaired) electrons. The third-order valence-electron chi connectivity index (χ3n) is 3.14. The minimum Gasteiger partial charge on any atom is -0.411 e. The second kappa shape index (κ2) is 4.38. The molecular formula is C12H12N4OS. The summed E-state index contributed by atoms with van der Waals surface area (Å²) in [5, 5.41) is 14.6. The lowest BCUT2D eigenvalue weighted by atomic mass is 9.85. The van der Waals surface area contributed by atoms with Crippen molar-refractivity contribution in [3.05, 3.63) is 39.8 Å². The molecule has 0 aliphatic heterocycles. The maximum absolute atomic E-state index is 9.13. The second-order valence-electron chi connectivity index (χ2n) is 4.26. The smallest absolute Gasteiger partial charge is 0.220 e. The molecule has 18 heavy (non-hydrogen) atoms. The number of nitrogens with zero attached hydrogens (tertiary/aromatic N) is 3. The number of aromatic nitrogens is 2. The zero-order valence-corrected chi connectivity index (χ0v) is 10.4. The molecule has 1 atom stereocenters. The molecule has 5 nitrogen and oxygen atoms in total. The van der Waals surface area contributed by atoms with Gasteiger partial charge in [-0.15, -0.1) is 11.3 Å². The van der Waals surface area contributed by atoms with Crippen LogP contribution in [0.15, 0.2) is 28.9 Å². The summed E-state index contributed by atoms with van der Waals surface area (Å²) in [6.07, 6.45) is 3.15. The van der Waals surface area contributed by atoms with E-state index in [1.54, 1.807) is 17.5 Å². The van der Waals surface area contributed by atoms with Crippen molar-refractivity contribution in [2.75, 3.05) is 5.73 Å². The third-order valence-corrected chi connectivity index (χ3v) is 4.18. The predicted octanol–water partition coefficient (Wildman–Crippen LogP) is 2.03. The highest BCUT2D eigenvalue weighted by molar-refractivity contribution is 7.10. The Bertz CT molecular complexity index is 594. The first-order chi connectivity index (χ1) is 8.78. The lowest BCUT2D eigenvalue weighted by Gasteiger charge is -2.23. The van der Waals surface area contributed by atoms with E-state index in [-0.39, 0.29) is 5.95 Å². The highest BCUT2D eigenvalue weighted by Gasteiger charge is 2.27. The molecule has 0 saturated carbocycles. The number of thiophene rings is 1. The SMILES string of the molecule is Nc1ncc2c(n1)CC(c1cccs1)C/C2=N/O. The fourth-order valence-electron chi connectivity index (χ4n) is 2.30. The maximum Gasteiger partial charge on any atom is 0.220 e. The molecule has 0 saturated heterocycles. The number of hydrogen-bond donors (Lipinski definition) is 2. The Morgan fingerprint density at radius 2 is 2.33 bits per heavy atom. The van der Waals surface area contributed by atoms with Crippen LogP contribution in [0.25, 0.3) is 0 Å². The van der Waals surface area contributed by atoms with Crippen molar-refractivity contribution in [2.24, 2.45) is 5.16 Å². The first kappa shape index (κ1) is 11.2. The Morgan fingerprint density at radius 1 is 1.44 bits per heavy atom. The van der Waals surface area contributed by atoms with Crippen LogP contribution in [0.1, 0.15) is 28.5 Å². The van der Waals surface area contributed by atoms with Gasteiger partial charge in [-0.2, -0.15) is 0 Å². The summed E-state index contributed by atoms with van der Waals surface area (Å²) in [7, 11) is 0. The van der Waals surface area contributed by atoms with E-state index in [2.05, 4.69) is 26.6 Å². The van der Waals surface area contributed by atoms with Crippen molar-refractivity contribution in [2.45, 2.75) is 18.8 Å². The fraction of sp³-hybridized carbons (Fsp3) is 0.250. The van der Waals surface area contributed by atoms with Gasteiger partial charge in [-0.1, -0.05) is 11.2 Å². The van der Waals surface area contributed by atoms with Gasteiger partial charge in [0.15, 0.2) is 0 Å². The first-order valence-electron chi connectivity index (χ1n) is 5.64. The number of anilines is 1. The summed E-state index contributed by atoms with van der Waals surface area (Å²) in [4.78, 5) is 9.48. The number of nitrogen functional groups attached to an aromatic ring is 1. The normalized spacial score (nSPS) is 20.9. The van der Waals surface area contributed by atoms with Crippen molar-refractivity contribution in [3.8, 4) is 0 Å². The molecule has 1 aliphatic carbocycles. The van der Waals surface area contributed by atoms with Gasteiger partial charge in [0.2, 0.25) is 5.95 Å². The van der Waals surface area contributed by atoms with Gasteiger partial charge in [0, 0.05) is 29.0 Å². The summed E-state index contributed by atoms with van der Waals surface area (Å²) in [6.45, 7) is 0. The largest absolute Gasteiger partial charge is 0.411 e. The van der Waals surface area contributed by atoms with Crippen molar-refractivity contribution < 1.29 is 5.21 Å². The zero-order chi connectivity index (χ0) is 12.5. The van der Waals surface area contributed by atoms with Gasteiger partial charge in [-0.3, -0.25) is 0 Å². The van der Waals surface area contributed by atoms with E-state index in [0.29, 0.717) is 18.1 Å². The number of nitrogens with two attached hydrogens (primary N) is 1. The fourth-order valence-corrected chi connectivity index (χ4v) is 3.13. The Kier molecular flexibility index (Phi) is 2.71. The van der Waals surface area contributed by atoms with Gasteiger partial charge in [0.05, 0.1) is 11.4 Å². The Morgan fingerprint density at radius 3 is 3.06 bits per heavy atom. The van der Waals surface area contributed by atoms with Crippen LogP contribution in [-0.4, -0.2) is 20.9 Å². The molecule has 2 aromatic heterocycles. The van der Waals surface area contributed by atoms with Crippen LogP contribution < -0.4 is 5.73 Å². The standard InChI is InChI=1S/C12H12N4OS/c13-12-14-6-8-9(15-12)4-7(5-10(8)16-17)11-2-1-3-18-11/h1-3,6-7,17H,4-5H2,(H2,13,14,15)/b16-10-. The van der Waals surface area contributed by atoms with Crippen LogP contribution in [0.4, 0.5) is 5.95 Å². The van der Waals surface area contributed by atoms with Gasteiger partial charge in [-0.05, 0) is 17.9 Å². The summed E-state index contributed by atoms with van der Waals surface area (Å²) in [5.41, 5.74) is 7.91. The summed E-state index contributed by atoms with van der Waals surface area (Å²) in [5.74, 6) is 0.565. The first-order valence-corrected chi connectivity index (χ1v) is 6.52. The van der Waals surface area contributed by atoms with E-state index in [9.17, 15) is 0 Å². The van der Waals surface area contributed by atoms with Gasteiger partial charge >= 0.3 is 0 Å². The van der Waals surface area contributed by atoms with Crippen molar-refractivity contribution in [1.82, 2.24) is 9.97 Å². The topological polar surface area (TPSA) is 84.4 Å². The Labute approximate surface area is 108 Å². The van der Waals surface area contributed by atoms with Gasteiger partial charge in [0.1, 0.15) is 0 Å². The molecule has 2 heterocycles. The van der Waals surface area contributed by atoms with Gasteiger partial charge < -0.3 is 10.9 Å². The minimum atomic E-state index is 0.262. The molecule has 2 aromatic rings. The van der Waals surface area contributed by atoms with Crippen molar-refractivity contribution in [3.63, 3.8) is 0 Å². The second-order valence-corrected chi connectivity index (χ2v) is 5.24. The molecular weight excluding hydrogens is 248 g/mol. The maximum atomic E-state index is 9.13. The average molecular weight is 260 g/mol. The molecule has 3 rings (SSSR count). The summed E-state index contributed by atoms with van der Waals surface area (Å²) < 4.78 is 0. The lowest BCUT2D eigenvalue weighted by molar-refractivity contribution is 0.317. The number of rotatable bonds is 1. The Balaban J connectivity index is 2.03. The molecule has 1 aliphatic rings. The third kappa shape index (κ3) is 1.84. The van der Waals surface area contributed by atoms with E-state index in [1.807, 2.05) is 6.07 Å². The van der Waals surface area contributed by atoms with E-state index in [0.717, 1.165) is 17.7 Å². The van der Waals surface area contributed by atoms with Crippen LogP contribution in [0.5, 0.6) is 0 Å². The molecule has 92 valence electrons. The molecule has 0 fully saturated rings. The van der Waals surface area contributed by atoms with E-state index in [4.69, 9.17) is 10.9 Å². The minimum absolute atomic E-state index is 0.262. The average Bonchev–Trinajstić information content (AvgIpc) is 2.90. The van der Waals surface area contributed by atoms with E-state index in [1.165, 1.54) is 4.88 Å². The highest BCUT2D eigenvalue weighted by Crippen LogP contribution is 2.34. The van der Waals surface area contributed by atoms with Crippen LogP contribution >= 0.6 is 11.3 Å². The molecule has 0 spiro atoms. The number of hydrogen-bond acceptors (Lipinski definition) is 6. The van der Waals surface area contributed by atoms with Crippen molar-refractivity contribution in [1.29, 1.82) is 0 Å². The van der Waals surface area contributed by atoms with Crippen LogP contribution in [-0.2, 0) is 6.42 Å². The summed E-state index contributed by atoms with van der Waals surface area (Å²) >= 11 is 1.71. The van der Waals surface area contributed by atoms with Crippen LogP contribution in [0, 0.1) is 0 Å². The highest BCUT2D eigenvalue weighted by atomic mass is 32.1. The van der Waals surface area contributed by atoms with Crippen LogP contribution in [0.3, 0.4) is 0 Å². The predicted molar refractivity (Wildman–Crippen MR) is 70.1 cm³/mol. The molecule has 0 aromatic carbocycles. The zero-order valence-electron chi connectivity index (χ0n) is 9.58. The molecule has 0 bridgehead atoms. The van der Waals surface area contributed by atoms with E-state index < -0.39 is 0 Å². The Hall–Kier alpha value is -1.95. The quantitative estimate of drug-likeness (QED) is 0.607. The van der Waals surface area contributed by atoms with Gasteiger partial charge in [0.25, 0.3) is 0 Å². The molecule has 3 N–H and O–H groups in total. The van der Waals surface area contributed by atoms with E-state index >= 15 is 0 Å². The number of fused-ring (bicyclic) bond motifs is 1. The monoisotopic (exact) mass is 260 g/mol.